The molecular formula is C20H18F3NO2. The lowest BCUT2D eigenvalue weighted by atomic mass is 9.85. The van der Waals surface area contributed by atoms with E-state index in [0.717, 1.165) is 43.4 Å². The van der Waals surface area contributed by atoms with Crippen molar-refractivity contribution in [3.05, 3.63) is 65.0 Å². The normalized spacial score (nSPS) is 24.7. The minimum atomic E-state index is -1.14. The molecule has 2 heterocycles. The molecule has 1 N–H and O–H groups in total. The van der Waals surface area contributed by atoms with Gasteiger partial charge in [-0.05, 0) is 61.4 Å². The minimum absolute atomic E-state index is 0.00349. The van der Waals surface area contributed by atoms with Crippen LogP contribution in [0.1, 0.15) is 47.5 Å². The van der Waals surface area contributed by atoms with Gasteiger partial charge in [0.2, 0.25) is 0 Å². The van der Waals surface area contributed by atoms with Crippen LogP contribution in [0.4, 0.5) is 13.2 Å². The highest BCUT2D eigenvalue weighted by molar-refractivity contribution is 5.95. The van der Waals surface area contributed by atoms with Crippen LogP contribution < -0.4 is 0 Å². The van der Waals surface area contributed by atoms with Crippen molar-refractivity contribution in [1.29, 1.82) is 0 Å². The first-order valence-electron chi connectivity index (χ1n) is 8.70. The summed E-state index contributed by atoms with van der Waals surface area (Å²) in [5.74, 6) is -3.79. The molecule has 2 aromatic carbocycles. The van der Waals surface area contributed by atoms with Crippen LogP contribution in [0, 0.1) is 17.5 Å². The second-order valence-corrected chi connectivity index (χ2v) is 7.11. The van der Waals surface area contributed by atoms with Crippen LogP contribution in [0.2, 0.25) is 0 Å². The average Bonchev–Trinajstić information content (AvgIpc) is 2.88. The van der Waals surface area contributed by atoms with E-state index in [0.29, 0.717) is 0 Å². The third-order valence-electron chi connectivity index (χ3n) is 5.57. The van der Waals surface area contributed by atoms with E-state index in [1.165, 1.54) is 12.1 Å². The van der Waals surface area contributed by atoms with Crippen LogP contribution >= 0.6 is 0 Å². The van der Waals surface area contributed by atoms with Crippen LogP contribution in [0.5, 0.6) is 5.75 Å². The Bertz CT molecular complexity index is 816. The molecule has 136 valence electrons. The molecule has 2 aliphatic heterocycles. The fourth-order valence-corrected chi connectivity index (χ4v) is 4.35. The van der Waals surface area contributed by atoms with Gasteiger partial charge in [0.15, 0.2) is 17.4 Å². The quantitative estimate of drug-likeness (QED) is 0.863. The van der Waals surface area contributed by atoms with Crippen molar-refractivity contribution in [1.82, 2.24) is 4.90 Å². The molecule has 4 rings (SSSR count). The van der Waals surface area contributed by atoms with E-state index in [1.807, 2.05) is 0 Å². The molecule has 2 unspecified atom stereocenters. The summed E-state index contributed by atoms with van der Waals surface area (Å²) in [5, 5.41) is 9.22. The lowest BCUT2D eigenvalue weighted by Gasteiger charge is -2.39. The van der Waals surface area contributed by atoms with Gasteiger partial charge in [-0.15, -0.1) is 0 Å². The Labute approximate surface area is 149 Å². The molecule has 2 aliphatic rings. The molecule has 2 aromatic rings. The predicted octanol–water partition coefficient (Wildman–Crippen LogP) is 4.36. The zero-order valence-corrected chi connectivity index (χ0v) is 14.0. The number of hydrogen-bond acceptors (Lipinski definition) is 2. The number of benzene rings is 2. The third-order valence-corrected chi connectivity index (χ3v) is 5.57. The van der Waals surface area contributed by atoms with Crippen molar-refractivity contribution in [2.24, 2.45) is 0 Å². The number of piperidine rings is 1. The Morgan fingerprint density at radius 1 is 0.962 bits per heavy atom. The Morgan fingerprint density at radius 3 is 2.04 bits per heavy atom. The Morgan fingerprint density at radius 2 is 1.50 bits per heavy atom. The smallest absolute Gasteiger partial charge is 0.254 e. The SMILES string of the molecule is O=C(c1cc(F)c(O)c(F)c1)N1C2CCC1CC(c1ccc(F)cc1)C2. The Kier molecular flexibility index (Phi) is 4.13. The highest BCUT2D eigenvalue weighted by Gasteiger charge is 2.43. The lowest BCUT2D eigenvalue weighted by Crippen LogP contribution is -2.46. The molecule has 3 nitrogen and oxygen atoms in total. The number of nitrogens with zero attached hydrogens (tertiary/aromatic N) is 1. The maximum Gasteiger partial charge on any atom is 0.254 e. The summed E-state index contributed by atoms with van der Waals surface area (Å²) < 4.78 is 40.3. The number of amides is 1. The monoisotopic (exact) mass is 361 g/mol. The maximum absolute atomic E-state index is 13.6. The molecule has 6 heteroatoms. The highest BCUT2D eigenvalue weighted by atomic mass is 19.1. The molecule has 0 radical (unpaired) electrons. The molecule has 26 heavy (non-hydrogen) atoms. The topological polar surface area (TPSA) is 40.5 Å². The summed E-state index contributed by atoms with van der Waals surface area (Å²) >= 11 is 0. The van der Waals surface area contributed by atoms with Gasteiger partial charge < -0.3 is 10.0 Å². The first kappa shape index (κ1) is 16.9. The van der Waals surface area contributed by atoms with E-state index in [4.69, 9.17) is 0 Å². The summed E-state index contributed by atoms with van der Waals surface area (Å²) in [5.41, 5.74) is 0.965. The van der Waals surface area contributed by atoms with Crippen molar-refractivity contribution >= 4 is 5.91 Å². The highest BCUT2D eigenvalue weighted by Crippen LogP contribution is 2.43. The van der Waals surface area contributed by atoms with Gasteiger partial charge in [0, 0.05) is 17.6 Å². The number of aromatic hydroxyl groups is 1. The van der Waals surface area contributed by atoms with Crippen LogP contribution in [-0.2, 0) is 0 Å². The average molecular weight is 361 g/mol. The van der Waals surface area contributed by atoms with Crippen LogP contribution in [0.3, 0.4) is 0 Å². The van der Waals surface area contributed by atoms with E-state index < -0.39 is 23.3 Å². The number of rotatable bonds is 2. The molecule has 2 bridgehead atoms. The van der Waals surface area contributed by atoms with Gasteiger partial charge in [-0.25, -0.2) is 13.2 Å². The largest absolute Gasteiger partial charge is 0.503 e. The van der Waals surface area contributed by atoms with Crippen LogP contribution in [0.25, 0.3) is 0 Å². The van der Waals surface area contributed by atoms with E-state index in [9.17, 15) is 23.1 Å². The minimum Gasteiger partial charge on any atom is -0.503 e. The summed E-state index contributed by atoms with van der Waals surface area (Å²) in [7, 11) is 0. The second-order valence-electron chi connectivity index (χ2n) is 7.11. The van der Waals surface area contributed by atoms with Gasteiger partial charge in [-0.1, -0.05) is 12.1 Å². The molecule has 2 fully saturated rings. The number of phenols is 1. The van der Waals surface area contributed by atoms with Crippen LogP contribution in [0.15, 0.2) is 36.4 Å². The molecule has 0 aliphatic carbocycles. The molecule has 1 amide bonds. The number of phenolic OH excluding ortho intramolecular Hbond substituents is 1. The molecule has 0 saturated carbocycles. The fraction of sp³-hybridized carbons (Fsp3) is 0.350. The molecule has 0 spiro atoms. The van der Waals surface area contributed by atoms with Crippen molar-refractivity contribution in [3.8, 4) is 5.75 Å². The van der Waals surface area contributed by atoms with E-state index in [-0.39, 0.29) is 29.4 Å². The van der Waals surface area contributed by atoms with E-state index in [1.54, 1.807) is 17.0 Å². The van der Waals surface area contributed by atoms with Crippen molar-refractivity contribution < 1.29 is 23.1 Å². The zero-order valence-electron chi connectivity index (χ0n) is 14.0. The summed E-state index contributed by atoms with van der Waals surface area (Å²) in [6.07, 6.45) is 3.18. The van der Waals surface area contributed by atoms with Crippen molar-refractivity contribution in [2.75, 3.05) is 0 Å². The van der Waals surface area contributed by atoms with Gasteiger partial charge >= 0.3 is 0 Å². The van der Waals surface area contributed by atoms with Gasteiger partial charge in [0.25, 0.3) is 5.91 Å². The summed E-state index contributed by atoms with van der Waals surface area (Å²) in [4.78, 5) is 14.6. The van der Waals surface area contributed by atoms with Gasteiger partial charge in [-0.3, -0.25) is 4.79 Å². The lowest BCUT2D eigenvalue weighted by molar-refractivity contribution is 0.0570. The van der Waals surface area contributed by atoms with E-state index >= 15 is 0 Å². The van der Waals surface area contributed by atoms with Gasteiger partial charge in [0.1, 0.15) is 5.82 Å². The molecule has 2 atom stereocenters. The molecular weight excluding hydrogens is 343 g/mol. The number of carbonyl (C=O) groups excluding carboxylic acids is 1. The fourth-order valence-electron chi connectivity index (χ4n) is 4.35. The standard InChI is InChI=1S/C20H18F3NO2/c21-14-3-1-11(2-4-14)12-7-15-5-6-16(8-12)24(15)20(26)13-9-17(22)19(25)18(23)10-13/h1-4,9-10,12,15-16,25H,5-8H2. The van der Waals surface area contributed by atoms with Gasteiger partial charge in [0.05, 0.1) is 0 Å². The van der Waals surface area contributed by atoms with Gasteiger partial charge in [-0.2, -0.15) is 0 Å². The summed E-state index contributed by atoms with van der Waals surface area (Å²) in [6, 6.07) is 8.20. The summed E-state index contributed by atoms with van der Waals surface area (Å²) in [6.45, 7) is 0. The number of halogens is 3. The van der Waals surface area contributed by atoms with Crippen LogP contribution in [-0.4, -0.2) is 28.0 Å². The first-order chi connectivity index (χ1) is 12.4. The number of hydrogen-bond donors (Lipinski definition) is 1. The number of carbonyl (C=O) groups is 1. The molecule has 2 saturated heterocycles. The molecule has 0 aromatic heterocycles. The van der Waals surface area contributed by atoms with E-state index in [2.05, 4.69) is 0 Å². The maximum atomic E-state index is 13.6. The van der Waals surface area contributed by atoms with Crippen molar-refractivity contribution in [2.45, 2.75) is 43.7 Å². The Balaban J connectivity index is 1.56. The predicted molar refractivity (Wildman–Crippen MR) is 89.4 cm³/mol. The first-order valence-corrected chi connectivity index (χ1v) is 8.70. The Hall–Kier alpha value is -2.50. The third kappa shape index (κ3) is 2.83. The second kappa shape index (κ2) is 6.34. The van der Waals surface area contributed by atoms with Crippen molar-refractivity contribution in [3.63, 3.8) is 0 Å². The number of fused-ring (bicyclic) bond motifs is 2. The zero-order chi connectivity index (χ0) is 18.4.